The molecule has 9 aromatic rings. The van der Waals surface area contributed by atoms with Crippen molar-refractivity contribution in [3.8, 4) is 56.2 Å². The van der Waals surface area contributed by atoms with Crippen molar-refractivity contribution in [1.29, 1.82) is 0 Å². The van der Waals surface area contributed by atoms with Crippen LogP contribution in [0.5, 0.6) is 0 Å². The Bertz CT molecular complexity index is 2470. The lowest BCUT2D eigenvalue weighted by atomic mass is 9.99. The molecule has 0 atom stereocenters. The molecule has 6 aromatic carbocycles. The van der Waals surface area contributed by atoms with Crippen LogP contribution in [0.3, 0.4) is 0 Å². The van der Waals surface area contributed by atoms with Gasteiger partial charge in [-0.05, 0) is 81.6 Å². The lowest BCUT2D eigenvalue weighted by Crippen LogP contribution is -1.96. The van der Waals surface area contributed by atoms with Crippen molar-refractivity contribution in [1.82, 2.24) is 19.9 Å². The number of hydrogen-bond acceptors (Lipinski definition) is 4. The molecule has 0 amide bonds. The van der Waals surface area contributed by atoms with Gasteiger partial charge in [-0.15, -0.1) is 0 Å². The van der Waals surface area contributed by atoms with Crippen molar-refractivity contribution in [2.24, 2.45) is 0 Å². The molecular weight excluding hydrogens is 585 g/mol. The third kappa shape index (κ3) is 5.25. The summed E-state index contributed by atoms with van der Waals surface area (Å²) in [7, 11) is 0. The van der Waals surface area contributed by atoms with Gasteiger partial charge in [-0.1, -0.05) is 109 Å². The van der Waals surface area contributed by atoms with Crippen LogP contribution >= 0.6 is 0 Å². The zero-order valence-electron chi connectivity index (χ0n) is 26.0. The first kappa shape index (κ1) is 27.8. The zero-order chi connectivity index (χ0) is 31.9. The van der Waals surface area contributed by atoms with Crippen molar-refractivity contribution in [3.63, 3.8) is 0 Å². The SMILES string of the molecule is c1ccc2cc(-c3cc(-c4ccc(-c5ccc6ncccc6c5)cc4)nc(-c4ccc(-c5ccc6ncccc6c5)cc4)n3)ccc2c1. The Kier molecular flexibility index (Phi) is 6.76. The number of nitrogens with zero attached hydrogens (tertiary/aromatic N) is 4. The van der Waals surface area contributed by atoms with Gasteiger partial charge in [0.25, 0.3) is 0 Å². The van der Waals surface area contributed by atoms with E-state index in [1.165, 1.54) is 10.8 Å². The van der Waals surface area contributed by atoms with Gasteiger partial charge in [-0.3, -0.25) is 9.97 Å². The number of hydrogen-bond donors (Lipinski definition) is 0. The second-order valence-corrected chi connectivity index (χ2v) is 12.0. The summed E-state index contributed by atoms with van der Waals surface area (Å²) in [5, 5.41) is 4.64. The van der Waals surface area contributed by atoms with Crippen molar-refractivity contribution in [2.75, 3.05) is 0 Å². The second kappa shape index (κ2) is 11.7. The molecule has 3 heterocycles. The maximum Gasteiger partial charge on any atom is 0.160 e. The molecule has 0 bridgehead atoms. The summed E-state index contributed by atoms with van der Waals surface area (Å²) in [5.41, 5.74) is 11.4. The van der Waals surface area contributed by atoms with Crippen LogP contribution in [0, 0.1) is 0 Å². The quantitative estimate of drug-likeness (QED) is 0.194. The summed E-state index contributed by atoms with van der Waals surface area (Å²) in [6, 6.07) is 55.1. The Balaban J connectivity index is 1.11. The molecule has 0 saturated carbocycles. The Labute approximate surface area is 278 Å². The first-order valence-electron chi connectivity index (χ1n) is 16.0. The van der Waals surface area contributed by atoms with Crippen LogP contribution in [-0.2, 0) is 0 Å². The number of pyridine rings is 2. The van der Waals surface area contributed by atoms with Gasteiger partial charge in [-0.25, -0.2) is 9.97 Å². The van der Waals surface area contributed by atoms with Gasteiger partial charge in [0, 0.05) is 39.9 Å². The number of aromatic nitrogens is 4. The molecule has 0 radical (unpaired) electrons. The highest BCUT2D eigenvalue weighted by Gasteiger charge is 2.13. The van der Waals surface area contributed by atoms with Gasteiger partial charge in [0.1, 0.15) is 0 Å². The molecule has 0 aliphatic carbocycles. The normalized spacial score (nSPS) is 11.3. The van der Waals surface area contributed by atoms with Gasteiger partial charge in [0.2, 0.25) is 0 Å². The van der Waals surface area contributed by atoms with E-state index in [1.807, 2.05) is 24.5 Å². The predicted octanol–water partition coefficient (Wildman–Crippen LogP) is 11.1. The molecule has 4 nitrogen and oxygen atoms in total. The second-order valence-electron chi connectivity index (χ2n) is 12.0. The van der Waals surface area contributed by atoms with Gasteiger partial charge in [-0.2, -0.15) is 0 Å². The molecular formula is C44H28N4. The third-order valence-corrected chi connectivity index (χ3v) is 8.97. The van der Waals surface area contributed by atoms with E-state index >= 15 is 0 Å². The first-order chi connectivity index (χ1) is 23.7. The molecule has 0 fully saturated rings. The average molecular weight is 613 g/mol. The van der Waals surface area contributed by atoms with Crippen LogP contribution in [0.15, 0.2) is 170 Å². The molecule has 3 aromatic heterocycles. The number of fused-ring (bicyclic) bond motifs is 3. The lowest BCUT2D eigenvalue weighted by Gasteiger charge is -2.11. The highest BCUT2D eigenvalue weighted by Crippen LogP contribution is 2.32. The van der Waals surface area contributed by atoms with Crippen molar-refractivity contribution in [2.45, 2.75) is 0 Å². The van der Waals surface area contributed by atoms with Crippen molar-refractivity contribution in [3.05, 3.63) is 170 Å². The summed E-state index contributed by atoms with van der Waals surface area (Å²) in [4.78, 5) is 19.2. The molecule has 0 N–H and O–H groups in total. The van der Waals surface area contributed by atoms with Crippen LogP contribution in [-0.4, -0.2) is 19.9 Å². The minimum atomic E-state index is 0.691. The fourth-order valence-corrected chi connectivity index (χ4v) is 6.38. The highest BCUT2D eigenvalue weighted by atomic mass is 14.9. The Morgan fingerprint density at radius 3 is 1.38 bits per heavy atom. The number of benzene rings is 6. The van der Waals surface area contributed by atoms with Crippen molar-refractivity contribution < 1.29 is 0 Å². The molecule has 0 aliphatic heterocycles. The molecule has 224 valence electrons. The molecule has 4 heteroatoms. The van der Waals surface area contributed by atoms with E-state index in [1.54, 1.807) is 0 Å². The highest BCUT2D eigenvalue weighted by molar-refractivity contribution is 5.88. The fraction of sp³-hybridized carbons (Fsp3) is 0. The average Bonchev–Trinajstić information content (AvgIpc) is 3.17. The molecule has 0 aliphatic rings. The minimum absolute atomic E-state index is 0.691. The monoisotopic (exact) mass is 612 g/mol. The molecule has 0 spiro atoms. The van der Waals surface area contributed by atoms with E-state index in [2.05, 4.69) is 156 Å². The first-order valence-corrected chi connectivity index (χ1v) is 16.0. The molecule has 0 unspecified atom stereocenters. The van der Waals surface area contributed by atoms with E-state index in [-0.39, 0.29) is 0 Å². The predicted molar refractivity (Wildman–Crippen MR) is 197 cm³/mol. The minimum Gasteiger partial charge on any atom is -0.256 e. The van der Waals surface area contributed by atoms with Gasteiger partial charge in [0.05, 0.1) is 22.4 Å². The van der Waals surface area contributed by atoms with E-state index in [0.29, 0.717) is 5.82 Å². The maximum absolute atomic E-state index is 5.12. The third-order valence-electron chi connectivity index (χ3n) is 8.97. The van der Waals surface area contributed by atoms with E-state index in [4.69, 9.17) is 9.97 Å². The smallest absolute Gasteiger partial charge is 0.160 e. The van der Waals surface area contributed by atoms with Crippen LogP contribution in [0.2, 0.25) is 0 Å². The largest absolute Gasteiger partial charge is 0.256 e. The topological polar surface area (TPSA) is 51.6 Å². The lowest BCUT2D eigenvalue weighted by molar-refractivity contribution is 1.18. The van der Waals surface area contributed by atoms with E-state index in [9.17, 15) is 0 Å². The van der Waals surface area contributed by atoms with Gasteiger partial charge in [0.15, 0.2) is 5.82 Å². The molecule has 0 saturated heterocycles. The zero-order valence-corrected chi connectivity index (χ0v) is 26.0. The maximum atomic E-state index is 5.12. The van der Waals surface area contributed by atoms with Crippen LogP contribution in [0.4, 0.5) is 0 Å². The van der Waals surface area contributed by atoms with Crippen LogP contribution < -0.4 is 0 Å². The molecule has 48 heavy (non-hydrogen) atoms. The van der Waals surface area contributed by atoms with Gasteiger partial charge >= 0.3 is 0 Å². The fourth-order valence-electron chi connectivity index (χ4n) is 6.38. The summed E-state index contributed by atoms with van der Waals surface area (Å²) in [5.74, 6) is 0.691. The van der Waals surface area contributed by atoms with E-state index < -0.39 is 0 Å². The van der Waals surface area contributed by atoms with Gasteiger partial charge < -0.3 is 0 Å². The Morgan fingerprint density at radius 1 is 0.292 bits per heavy atom. The van der Waals surface area contributed by atoms with Crippen molar-refractivity contribution >= 4 is 32.6 Å². The van der Waals surface area contributed by atoms with Crippen LogP contribution in [0.25, 0.3) is 88.7 Å². The Morgan fingerprint density at radius 2 is 0.750 bits per heavy atom. The number of rotatable bonds is 5. The molecule has 9 rings (SSSR count). The summed E-state index contributed by atoms with van der Waals surface area (Å²) in [6.07, 6.45) is 3.66. The standard InChI is InChI=1S/C44H28N4/c1-2-6-34-25-39(18-13-29(34)5-1)43-28-42(32-14-9-30(10-15-32)35-19-21-40-37(26-35)7-3-23-45-40)47-44(48-43)33-16-11-31(12-17-33)36-20-22-41-38(27-36)8-4-24-46-41/h1-28H. The summed E-state index contributed by atoms with van der Waals surface area (Å²) in [6.45, 7) is 0. The Hall–Kier alpha value is -6.52. The van der Waals surface area contributed by atoms with E-state index in [0.717, 1.165) is 72.1 Å². The summed E-state index contributed by atoms with van der Waals surface area (Å²) >= 11 is 0. The summed E-state index contributed by atoms with van der Waals surface area (Å²) < 4.78 is 0. The van der Waals surface area contributed by atoms with Crippen LogP contribution in [0.1, 0.15) is 0 Å².